The molecule has 1 aliphatic carbocycles. The van der Waals surface area contributed by atoms with Crippen molar-refractivity contribution in [1.29, 1.82) is 0 Å². The van der Waals surface area contributed by atoms with Gasteiger partial charge in [0.2, 0.25) is 0 Å². The molecule has 19 heavy (non-hydrogen) atoms. The van der Waals surface area contributed by atoms with Crippen LogP contribution in [0.5, 0.6) is 5.75 Å². The predicted octanol–water partition coefficient (Wildman–Crippen LogP) is 2.52. The average Bonchev–Trinajstić information content (AvgIpc) is 2.81. The summed E-state index contributed by atoms with van der Waals surface area (Å²) < 4.78 is 5.94. The first-order valence-corrected chi connectivity index (χ1v) is 6.79. The molecule has 1 aromatic carbocycles. The van der Waals surface area contributed by atoms with Crippen molar-refractivity contribution in [2.45, 2.75) is 38.3 Å². The van der Waals surface area contributed by atoms with E-state index in [0.717, 1.165) is 24.2 Å². The van der Waals surface area contributed by atoms with Crippen LogP contribution in [0.4, 0.5) is 0 Å². The number of carboxylic acid groups (broad SMARTS) is 1. The zero-order valence-electron chi connectivity index (χ0n) is 11.3. The Kier molecular flexibility index (Phi) is 4.80. The Hall–Kier alpha value is -1.55. The number of likely N-dealkylation sites (N-methyl/N-ethyl adjacent to an activating group) is 1. The molecule has 1 saturated carbocycles. The maximum Gasteiger partial charge on any atom is 0.317 e. The van der Waals surface area contributed by atoms with Gasteiger partial charge in [-0.15, -0.1) is 0 Å². The Morgan fingerprint density at radius 3 is 2.84 bits per heavy atom. The molecular weight excluding hydrogens is 242 g/mol. The summed E-state index contributed by atoms with van der Waals surface area (Å²) in [5, 5.41) is 8.74. The lowest BCUT2D eigenvalue weighted by molar-refractivity contribution is -0.138. The van der Waals surface area contributed by atoms with Crippen LogP contribution in [-0.4, -0.2) is 35.7 Å². The summed E-state index contributed by atoms with van der Waals surface area (Å²) in [7, 11) is 1.80. The van der Waals surface area contributed by atoms with Crippen LogP contribution in [0.2, 0.25) is 0 Å². The molecule has 0 saturated heterocycles. The van der Waals surface area contributed by atoms with Gasteiger partial charge < -0.3 is 9.84 Å². The van der Waals surface area contributed by atoms with Gasteiger partial charge in [0, 0.05) is 6.54 Å². The first-order valence-electron chi connectivity index (χ1n) is 6.79. The SMILES string of the molecule is CN(CC(=O)O)Cc1cccc(OC2CCCC2)c1. The minimum absolute atomic E-state index is 0.0493. The summed E-state index contributed by atoms with van der Waals surface area (Å²) in [5.41, 5.74) is 1.08. The number of aliphatic carboxylic acids is 1. The Balaban J connectivity index is 1.92. The Morgan fingerprint density at radius 2 is 2.16 bits per heavy atom. The second-order valence-corrected chi connectivity index (χ2v) is 5.24. The van der Waals surface area contributed by atoms with Crippen molar-refractivity contribution >= 4 is 5.97 Å². The molecule has 0 radical (unpaired) electrons. The van der Waals surface area contributed by atoms with Crippen LogP contribution < -0.4 is 4.74 Å². The van der Waals surface area contributed by atoms with E-state index in [9.17, 15) is 4.79 Å². The van der Waals surface area contributed by atoms with Gasteiger partial charge in [-0.2, -0.15) is 0 Å². The van der Waals surface area contributed by atoms with Crippen molar-refractivity contribution in [1.82, 2.24) is 4.90 Å². The highest BCUT2D eigenvalue weighted by molar-refractivity contribution is 5.69. The molecule has 104 valence electrons. The molecule has 4 nitrogen and oxygen atoms in total. The van der Waals surface area contributed by atoms with Gasteiger partial charge in [-0.1, -0.05) is 12.1 Å². The van der Waals surface area contributed by atoms with Crippen LogP contribution in [0.1, 0.15) is 31.2 Å². The number of rotatable bonds is 6. The second-order valence-electron chi connectivity index (χ2n) is 5.24. The number of carbonyl (C=O) groups is 1. The van der Waals surface area contributed by atoms with Gasteiger partial charge in [-0.25, -0.2) is 0 Å². The Bertz CT molecular complexity index is 427. The maximum absolute atomic E-state index is 10.6. The summed E-state index contributed by atoms with van der Waals surface area (Å²) in [6.07, 6.45) is 5.15. The van der Waals surface area contributed by atoms with E-state index in [2.05, 4.69) is 0 Å². The molecule has 0 bridgehead atoms. The first kappa shape index (κ1) is 13.9. The highest BCUT2D eigenvalue weighted by Gasteiger charge is 2.16. The van der Waals surface area contributed by atoms with E-state index in [4.69, 9.17) is 9.84 Å². The molecule has 0 unspecified atom stereocenters. The normalized spacial score (nSPS) is 15.9. The summed E-state index contributed by atoms with van der Waals surface area (Å²) in [6.45, 7) is 0.669. The molecule has 0 amide bonds. The van der Waals surface area contributed by atoms with E-state index in [-0.39, 0.29) is 6.54 Å². The van der Waals surface area contributed by atoms with Crippen molar-refractivity contribution in [3.63, 3.8) is 0 Å². The summed E-state index contributed by atoms with van der Waals surface area (Å²) in [6, 6.07) is 7.95. The molecule has 1 aromatic rings. The molecule has 0 aromatic heterocycles. The van der Waals surface area contributed by atoms with Gasteiger partial charge in [-0.3, -0.25) is 9.69 Å². The van der Waals surface area contributed by atoms with Crippen molar-refractivity contribution < 1.29 is 14.6 Å². The average molecular weight is 263 g/mol. The minimum atomic E-state index is -0.805. The molecule has 2 rings (SSSR count). The predicted molar refractivity (Wildman–Crippen MR) is 73.3 cm³/mol. The highest BCUT2D eigenvalue weighted by Crippen LogP contribution is 2.24. The molecule has 0 aliphatic heterocycles. The van der Waals surface area contributed by atoms with Crippen LogP contribution in [0.15, 0.2) is 24.3 Å². The lowest BCUT2D eigenvalue weighted by Crippen LogP contribution is -2.25. The fraction of sp³-hybridized carbons (Fsp3) is 0.533. The Morgan fingerprint density at radius 1 is 1.42 bits per heavy atom. The van der Waals surface area contributed by atoms with E-state index in [1.54, 1.807) is 11.9 Å². The molecule has 0 atom stereocenters. The molecule has 1 N–H and O–H groups in total. The zero-order chi connectivity index (χ0) is 13.7. The fourth-order valence-electron chi connectivity index (χ4n) is 2.51. The van der Waals surface area contributed by atoms with Gasteiger partial charge in [0.1, 0.15) is 5.75 Å². The monoisotopic (exact) mass is 263 g/mol. The molecule has 0 spiro atoms. The number of hydrogen-bond acceptors (Lipinski definition) is 3. The molecule has 1 fully saturated rings. The van der Waals surface area contributed by atoms with Crippen molar-refractivity contribution in [2.24, 2.45) is 0 Å². The zero-order valence-corrected chi connectivity index (χ0v) is 11.3. The number of carboxylic acids is 1. The third-order valence-corrected chi connectivity index (χ3v) is 3.36. The van der Waals surface area contributed by atoms with Crippen LogP contribution in [0.25, 0.3) is 0 Å². The lowest BCUT2D eigenvalue weighted by Gasteiger charge is -2.16. The molecular formula is C15H21NO3. The number of benzene rings is 1. The fourth-order valence-corrected chi connectivity index (χ4v) is 2.51. The molecule has 4 heteroatoms. The van der Waals surface area contributed by atoms with Crippen molar-refractivity contribution in [2.75, 3.05) is 13.6 Å². The van der Waals surface area contributed by atoms with Gasteiger partial charge in [0.25, 0.3) is 0 Å². The third kappa shape index (κ3) is 4.56. The highest BCUT2D eigenvalue weighted by atomic mass is 16.5. The van der Waals surface area contributed by atoms with E-state index in [1.165, 1.54) is 12.8 Å². The minimum Gasteiger partial charge on any atom is -0.490 e. The van der Waals surface area contributed by atoms with E-state index < -0.39 is 5.97 Å². The summed E-state index contributed by atoms with van der Waals surface area (Å²) in [5.74, 6) is 0.0917. The van der Waals surface area contributed by atoms with Crippen LogP contribution in [-0.2, 0) is 11.3 Å². The summed E-state index contributed by atoms with van der Waals surface area (Å²) in [4.78, 5) is 12.4. The van der Waals surface area contributed by atoms with E-state index in [1.807, 2.05) is 24.3 Å². The number of hydrogen-bond donors (Lipinski definition) is 1. The van der Waals surface area contributed by atoms with Gasteiger partial charge in [0.05, 0.1) is 12.6 Å². The van der Waals surface area contributed by atoms with Crippen molar-refractivity contribution in [3.8, 4) is 5.75 Å². The molecule has 1 aliphatic rings. The van der Waals surface area contributed by atoms with Crippen molar-refractivity contribution in [3.05, 3.63) is 29.8 Å². The van der Waals surface area contributed by atoms with E-state index >= 15 is 0 Å². The van der Waals surface area contributed by atoms with Gasteiger partial charge in [-0.05, 0) is 50.4 Å². The van der Waals surface area contributed by atoms with Gasteiger partial charge >= 0.3 is 5.97 Å². The van der Waals surface area contributed by atoms with Gasteiger partial charge in [0.15, 0.2) is 0 Å². The van der Waals surface area contributed by atoms with Crippen LogP contribution in [0, 0.1) is 0 Å². The summed E-state index contributed by atoms with van der Waals surface area (Å²) >= 11 is 0. The lowest BCUT2D eigenvalue weighted by atomic mass is 10.2. The van der Waals surface area contributed by atoms with Crippen LogP contribution >= 0.6 is 0 Å². The standard InChI is InChI=1S/C15H21NO3/c1-16(11-15(17)18)10-12-5-4-8-14(9-12)19-13-6-2-3-7-13/h4-5,8-9,13H,2-3,6-7,10-11H2,1H3,(H,17,18). The van der Waals surface area contributed by atoms with Crippen LogP contribution in [0.3, 0.4) is 0 Å². The Labute approximate surface area is 114 Å². The maximum atomic E-state index is 10.6. The largest absolute Gasteiger partial charge is 0.490 e. The smallest absolute Gasteiger partial charge is 0.317 e. The topological polar surface area (TPSA) is 49.8 Å². The van der Waals surface area contributed by atoms with E-state index in [0.29, 0.717) is 12.6 Å². The second kappa shape index (κ2) is 6.57. The third-order valence-electron chi connectivity index (χ3n) is 3.36. The number of ether oxygens (including phenoxy) is 1. The quantitative estimate of drug-likeness (QED) is 0.857. The first-order chi connectivity index (χ1) is 9.13. The molecule has 0 heterocycles. The number of nitrogens with zero attached hydrogens (tertiary/aromatic N) is 1.